The topological polar surface area (TPSA) is 26.3 Å². The molecule has 1 rings (SSSR count). The average molecular weight is 235 g/mol. The Morgan fingerprint density at radius 2 is 2.00 bits per heavy atom. The van der Waals surface area contributed by atoms with Gasteiger partial charge in [-0.05, 0) is 19.4 Å². The van der Waals surface area contributed by atoms with Crippen LogP contribution in [0.1, 0.15) is 25.8 Å². The lowest BCUT2D eigenvalue weighted by Gasteiger charge is -2.22. The minimum absolute atomic E-state index is 0.562. The van der Waals surface area contributed by atoms with Crippen LogP contribution in [0.4, 0.5) is 0 Å². The second kappa shape index (κ2) is 5.75. The Labute approximate surface area is 102 Å². The summed E-state index contributed by atoms with van der Waals surface area (Å²) in [4.78, 5) is 11.1. The first kappa shape index (κ1) is 12.8. The Morgan fingerprint density at radius 1 is 1.38 bits per heavy atom. The summed E-state index contributed by atoms with van der Waals surface area (Å²) < 4.78 is 4.84. The molecule has 1 aromatic carbocycles. The standard InChI is InChI=1S/C13H15O2S/c1-13(2,15-10-14)9-12(16)8-11-6-4-3-5-7-11/h3-7H,8-9H2,1-2H3. The molecular weight excluding hydrogens is 220 g/mol. The third kappa shape index (κ3) is 4.53. The van der Waals surface area contributed by atoms with Crippen molar-refractivity contribution in [3.05, 3.63) is 35.9 Å². The van der Waals surface area contributed by atoms with Gasteiger partial charge in [-0.2, -0.15) is 0 Å². The molecule has 16 heavy (non-hydrogen) atoms. The molecule has 3 heteroatoms. The summed E-state index contributed by atoms with van der Waals surface area (Å²) in [6.45, 7) is 5.12. The van der Waals surface area contributed by atoms with Crippen LogP contribution < -0.4 is 0 Å². The summed E-state index contributed by atoms with van der Waals surface area (Å²) in [6, 6.07) is 10.0. The predicted molar refractivity (Wildman–Crippen MR) is 68.2 cm³/mol. The second-order valence-corrected chi connectivity index (χ2v) is 4.90. The maximum absolute atomic E-state index is 10.2. The Balaban J connectivity index is 2.51. The molecule has 0 aliphatic heterocycles. The zero-order chi connectivity index (χ0) is 12.0. The second-order valence-electron chi connectivity index (χ2n) is 4.32. The molecule has 1 aromatic rings. The van der Waals surface area contributed by atoms with Crippen molar-refractivity contribution in [3.8, 4) is 0 Å². The summed E-state index contributed by atoms with van der Waals surface area (Å²) in [6.07, 6.45) is 1.31. The summed E-state index contributed by atoms with van der Waals surface area (Å²) in [7, 11) is 0. The lowest BCUT2D eigenvalue weighted by atomic mass is 9.98. The molecule has 0 bridgehead atoms. The minimum Gasteiger partial charge on any atom is -0.451 e. The van der Waals surface area contributed by atoms with Gasteiger partial charge in [-0.15, -0.1) is 0 Å². The number of hydrogen-bond donors (Lipinski definition) is 0. The van der Waals surface area contributed by atoms with E-state index >= 15 is 0 Å². The quantitative estimate of drug-likeness (QED) is 0.709. The average Bonchev–Trinajstić information content (AvgIpc) is 2.17. The third-order valence-corrected chi connectivity index (χ3v) is 2.47. The van der Waals surface area contributed by atoms with Gasteiger partial charge in [-0.3, -0.25) is 0 Å². The van der Waals surface area contributed by atoms with Gasteiger partial charge in [-0.25, -0.2) is 4.79 Å². The van der Waals surface area contributed by atoms with Crippen molar-refractivity contribution in [1.29, 1.82) is 0 Å². The fraction of sp³-hybridized carbons (Fsp3) is 0.385. The lowest BCUT2D eigenvalue weighted by molar-refractivity contribution is 0.0972. The highest BCUT2D eigenvalue weighted by Crippen LogP contribution is 2.16. The van der Waals surface area contributed by atoms with Crippen LogP contribution >= 0.6 is 12.2 Å². The number of carbonyl (C=O) groups excluding carboxylic acids is 1. The number of benzene rings is 1. The third-order valence-electron chi connectivity index (χ3n) is 2.18. The maximum Gasteiger partial charge on any atom is 0.418 e. The predicted octanol–water partition coefficient (Wildman–Crippen LogP) is 2.85. The molecule has 0 N–H and O–H groups in total. The molecule has 0 heterocycles. The SMILES string of the molecule is CC(C)(CC(=S)Cc1ccccc1)O[C]=O. The van der Waals surface area contributed by atoms with Crippen molar-refractivity contribution in [2.24, 2.45) is 0 Å². The first-order chi connectivity index (χ1) is 7.53. The Kier molecular flexibility index (Phi) is 4.62. The summed E-state index contributed by atoms with van der Waals surface area (Å²) >= 11 is 5.29. The van der Waals surface area contributed by atoms with Crippen molar-refractivity contribution in [2.75, 3.05) is 0 Å². The normalized spacial score (nSPS) is 10.9. The van der Waals surface area contributed by atoms with Crippen LogP contribution in [0, 0.1) is 0 Å². The van der Waals surface area contributed by atoms with Crippen LogP contribution in [-0.4, -0.2) is 16.9 Å². The molecule has 1 radical (unpaired) electrons. The van der Waals surface area contributed by atoms with Crippen LogP contribution in [0.5, 0.6) is 0 Å². The van der Waals surface area contributed by atoms with Gasteiger partial charge in [0.1, 0.15) is 5.60 Å². The highest BCUT2D eigenvalue weighted by molar-refractivity contribution is 7.80. The van der Waals surface area contributed by atoms with E-state index in [0.29, 0.717) is 6.42 Å². The molecule has 0 aromatic heterocycles. The molecule has 85 valence electrons. The van der Waals surface area contributed by atoms with Crippen molar-refractivity contribution in [3.63, 3.8) is 0 Å². The molecule has 2 nitrogen and oxygen atoms in total. The monoisotopic (exact) mass is 235 g/mol. The molecule has 0 atom stereocenters. The highest BCUT2D eigenvalue weighted by atomic mass is 32.1. The van der Waals surface area contributed by atoms with E-state index in [4.69, 9.17) is 17.0 Å². The zero-order valence-electron chi connectivity index (χ0n) is 9.53. The first-order valence-corrected chi connectivity index (χ1v) is 5.55. The number of ether oxygens (including phenoxy) is 1. The van der Waals surface area contributed by atoms with Crippen molar-refractivity contribution < 1.29 is 9.53 Å². The van der Waals surface area contributed by atoms with Crippen LogP contribution in [0.3, 0.4) is 0 Å². The molecule has 0 aliphatic rings. The molecule has 0 saturated heterocycles. The largest absolute Gasteiger partial charge is 0.451 e. The zero-order valence-corrected chi connectivity index (χ0v) is 10.3. The van der Waals surface area contributed by atoms with Gasteiger partial charge in [0.2, 0.25) is 0 Å². The Morgan fingerprint density at radius 3 is 2.56 bits per heavy atom. The molecule has 0 aliphatic carbocycles. The molecular formula is C13H15O2S. The van der Waals surface area contributed by atoms with E-state index in [0.717, 1.165) is 11.3 Å². The summed E-state index contributed by atoms with van der Waals surface area (Å²) in [5.41, 5.74) is 0.617. The molecule has 0 unspecified atom stereocenters. The van der Waals surface area contributed by atoms with Crippen LogP contribution in [-0.2, 0) is 16.0 Å². The van der Waals surface area contributed by atoms with E-state index in [9.17, 15) is 4.79 Å². The van der Waals surface area contributed by atoms with Crippen LogP contribution in [0.25, 0.3) is 0 Å². The number of thiocarbonyl (C=S) groups is 1. The lowest BCUT2D eigenvalue weighted by Crippen LogP contribution is -2.27. The summed E-state index contributed by atoms with van der Waals surface area (Å²) in [5, 5.41) is 0. The van der Waals surface area contributed by atoms with Crippen LogP contribution in [0.2, 0.25) is 0 Å². The van der Waals surface area contributed by atoms with E-state index in [2.05, 4.69) is 0 Å². The van der Waals surface area contributed by atoms with Gasteiger partial charge in [-0.1, -0.05) is 42.5 Å². The van der Waals surface area contributed by atoms with Crippen molar-refractivity contribution >= 4 is 23.6 Å². The van der Waals surface area contributed by atoms with E-state index in [1.807, 2.05) is 44.2 Å². The molecule has 0 amide bonds. The molecule has 0 saturated carbocycles. The van der Waals surface area contributed by atoms with E-state index in [-0.39, 0.29) is 0 Å². The van der Waals surface area contributed by atoms with Gasteiger partial charge in [0.25, 0.3) is 0 Å². The van der Waals surface area contributed by atoms with Gasteiger partial charge in [0.15, 0.2) is 0 Å². The molecule has 0 fully saturated rings. The Bertz CT molecular complexity index is 357. The number of rotatable bonds is 6. The van der Waals surface area contributed by atoms with E-state index in [1.54, 1.807) is 0 Å². The maximum atomic E-state index is 10.2. The van der Waals surface area contributed by atoms with Gasteiger partial charge in [0, 0.05) is 17.7 Å². The fourth-order valence-corrected chi connectivity index (χ4v) is 2.02. The van der Waals surface area contributed by atoms with Gasteiger partial charge >= 0.3 is 6.47 Å². The van der Waals surface area contributed by atoms with Gasteiger partial charge < -0.3 is 4.74 Å². The van der Waals surface area contributed by atoms with Crippen molar-refractivity contribution in [1.82, 2.24) is 0 Å². The van der Waals surface area contributed by atoms with E-state index < -0.39 is 5.60 Å². The highest BCUT2D eigenvalue weighted by Gasteiger charge is 2.21. The van der Waals surface area contributed by atoms with E-state index in [1.165, 1.54) is 12.0 Å². The minimum atomic E-state index is -0.562. The summed E-state index contributed by atoms with van der Waals surface area (Å²) in [5.74, 6) is 0. The first-order valence-electron chi connectivity index (χ1n) is 5.14. The van der Waals surface area contributed by atoms with Gasteiger partial charge in [0.05, 0.1) is 0 Å². The Hall–Kier alpha value is -1.22. The fourth-order valence-electron chi connectivity index (χ4n) is 1.51. The van der Waals surface area contributed by atoms with Crippen LogP contribution in [0.15, 0.2) is 30.3 Å². The van der Waals surface area contributed by atoms with Crippen molar-refractivity contribution in [2.45, 2.75) is 32.3 Å². The molecule has 0 spiro atoms. The number of hydrogen-bond acceptors (Lipinski definition) is 3. The smallest absolute Gasteiger partial charge is 0.418 e.